The fourth-order valence-corrected chi connectivity index (χ4v) is 1.98. The third-order valence-corrected chi connectivity index (χ3v) is 2.92. The smallest absolute Gasteiger partial charge is 0.113 e. The summed E-state index contributed by atoms with van der Waals surface area (Å²) in [4.78, 5) is 0. The Labute approximate surface area is 112 Å². The number of aromatic nitrogens is 3. The number of fused-ring (bicyclic) bond motifs is 1. The lowest BCUT2D eigenvalue weighted by Crippen LogP contribution is -2.26. The standard InChI is InChI=1S/C14H18N4O/c1-4-19-10-14(2,3)9-18-13-7-11(8-15)5-6-12(13)16-17-18/h5-7H,4,9-10H2,1-3H3. The number of hydrogen-bond donors (Lipinski definition) is 0. The normalized spacial score (nSPS) is 11.7. The van der Waals surface area contributed by atoms with Gasteiger partial charge in [-0.15, -0.1) is 5.10 Å². The molecule has 0 atom stereocenters. The molecule has 0 fully saturated rings. The third-order valence-electron chi connectivity index (χ3n) is 2.92. The van der Waals surface area contributed by atoms with Gasteiger partial charge >= 0.3 is 0 Å². The Morgan fingerprint density at radius 2 is 2.21 bits per heavy atom. The molecule has 0 aliphatic carbocycles. The van der Waals surface area contributed by atoms with Gasteiger partial charge in [0.05, 0.1) is 30.3 Å². The summed E-state index contributed by atoms with van der Waals surface area (Å²) in [7, 11) is 0. The maximum atomic E-state index is 8.95. The van der Waals surface area contributed by atoms with Gasteiger partial charge in [-0.25, -0.2) is 4.68 Å². The third kappa shape index (κ3) is 3.09. The van der Waals surface area contributed by atoms with E-state index in [1.807, 2.05) is 23.7 Å². The van der Waals surface area contributed by atoms with Crippen LogP contribution in [0, 0.1) is 16.7 Å². The molecule has 100 valence electrons. The second-order valence-electron chi connectivity index (χ2n) is 5.36. The molecule has 19 heavy (non-hydrogen) atoms. The van der Waals surface area contributed by atoms with E-state index >= 15 is 0 Å². The summed E-state index contributed by atoms with van der Waals surface area (Å²) in [5, 5.41) is 17.2. The molecule has 1 aromatic heterocycles. The van der Waals surface area contributed by atoms with Crippen molar-refractivity contribution in [2.75, 3.05) is 13.2 Å². The van der Waals surface area contributed by atoms with E-state index in [2.05, 4.69) is 30.2 Å². The first-order chi connectivity index (χ1) is 9.05. The van der Waals surface area contributed by atoms with Gasteiger partial charge in [0.25, 0.3) is 0 Å². The van der Waals surface area contributed by atoms with Crippen LogP contribution in [0.5, 0.6) is 0 Å². The Kier molecular flexibility index (Phi) is 3.82. The molecule has 0 N–H and O–H groups in total. The van der Waals surface area contributed by atoms with Crippen LogP contribution in [0.25, 0.3) is 11.0 Å². The summed E-state index contributed by atoms with van der Waals surface area (Å²) >= 11 is 0. The number of benzene rings is 1. The lowest BCUT2D eigenvalue weighted by Gasteiger charge is -2.24. The fourth-order valence-electron chi connectivity index (χ4n) is 1.98. The highest BCUT2D eigenvalue weighted by atomic mass is 16.5. The summed E-state index contributed by atoms with van der Waals surface area (Å²) in [5.74, 6) is 0. The minimum absolute atomic E-state index is 0.0285. The Morgan fingerprint density at radius 1 is 1.42 bits per heavy atom. The molecule has 2 rings (SSSR count). The molecular weight excluding hydrogens is 240 g/mol. The van der Waals surface area contributed by atoms with Crippen molar-refractivity contribution in [3.63, 3.8) is 0 Å². The van der Waals surface area contributed by atoms with Crippen LogP contribution in [-0.4, -0.2) is 28.2 Å². The first-order valence-corrected chi connectivity index (χ1v) is 6.37. The van der Waals surface area contributed by atoms with E-state index in [9.17, 15) is 0 Å². The Balaban J connectivity index is 2.28. The maximum Gasteiger partial charge on any atom is 0.113 e. The fraction of sp³-hybridized carbons (Fsp3) is 0.500. The van der Waals surface area contributed by atoms with E-state index < -0.39 is 0 Å². The van der Waals surface area contributed by atoms with Gasteiger partial charge in [0.2, 0.25) is 0 Å². The zero-order valence-electron chi connectivity index (χ0n) is 11.6. The van der Waals surface area contributed by atoms with Crippen LogP contribution in [0.1, 0.15) is 26.3 Å². The van der Waals surface area contributed by atoms with Crippen molar-refractivity contribution in [3.05, 3.63) is 23.8 Å². The largest absolute Gasteiger partial charge is 0.381 e. The summed E-state index contributed by atoms with van der Waals surface area (Å²) in [6.45, 7) is 8.33. The van der Waals surface area contributed by atoms with Gasteiger partial charge in [0.15, 0.2) is 0 Å². The van der Waals surface area contributed by atoms with Crippen molar-refractivity contribution in [3.8, 4) is 6.07 Å². The van der Waals surface area contributed by atoms with Crippen molar-refractivity contribution in [1.82, 2.24) is 15.0 Å². The Hall–Kier alpha value is -1.93. The van der Waals surface area contributed by atoms with E-state index in [-0.39, 0.29) is 5.41 Å². The van der Waals surface area contributed by atoms with E-state index in [4.69, 9.17) is 10.00 Å². The van der Waals surface area contributed by atoms with Crippen LogP contribution >= 0.6 is 0 Å². The van der Waals surface area contributed by atoms with Gasteiger partial charge < -0.3 is 4.74 Å². The Bertz CT molecular complexity index is 609. The summed E-state index contributed by atoms with van der Waals surface area (Å²) in [6.07, 6.45) is 0. The quantitative estimate of drug-likeness (QED) is 0.826. The van der Waals surface area contributed by atoms with Crippen molar-refractivity contribution >= 4 is 11.0 Å². The van der Waals surface area contributed by atoms with E-state index in [0.717, 1.165) is 11.0 Å². The molecule has 0 bridgehead atoms. The SMILES string of the molecule is CCOCC(C)(C)Cn1nnc2ccc(C#N)cc21. The highest BCUT2D eigenvalue weighted by molar-refractivity contribution is 5.75. The molecule has 1 aromatic carbocycles. The topological polar surface area (TPSA) is 63.7 Å². The highest BCUT2D eigenvalue weighted by Gasteiger charge is 2.21. The van der Waals surface area contributed by atoms with Gasteiger partial charge in [0.1, 0.15) is 5.52 Å². The molecular formula is C14H18N4O. The molecule has 5 nitrogen and oxygen atoms in total. The van der Waals surface area contributed by atoms with Gasteiger partial charge in [-0.05, 0) is 25.1 Å². The van der Waals surface area contributed by atoms with Crippen molar-refractivity contribution < 1.29 is 4.74 Å². The van der Waals surface area contributed by atoms with Crippen LogP contribution < -0.4 is 0 Å². The summed E-state index contributed by atoms with van der Waals surface area (Å²) < 4.78 is 7.33. The molecule has 0 aliphatic heterocycles. The van der Waals surface area contributed by atoms with Crippen LogP contribution in [-0.2, 0) is 11.3 Å². The summed E-state index contributed by atoms with van der Waals surface area (Å²) in [6, 6.07) is 7.55. The number of rotatable bonds is 5. The monoisotopic (exact) mass is 258 g/mol. The van der Waals surface area contributed by atoms with Crippen molar-refractivity contribution in [2.45, 2.75) is 27.3 Å². The van der Waals surface area contributed by atoms with Crippen LogP contribution in [0.2, 0.25) is 0 Å². The van der Waals surface area contributed by atoms with Crippen LogP contribution in [0.3, 0.4) is 0 Å². The molecule has 0 spiro atoms. The lowest BCUT2D eigenvalue weighted by molar-refractivity contribution is 0.0594. The molecule has 0 saturated carbocycles. The second kappa shape index (κ2) is 5.37. The minimum atomic E-state index is -0.0285. The number of hydrogen-bond acceptors (Lipinski definition) is 4. The molecule has 0 radical (unpaired) electrons. The Morgan fingerprint density at radius 3 is 2.89 bits per heavy atom. The van der Waals surface area contributed by atoms with Crippen LogP contribution in [0.15, 0.2) is 18.2 Å². The van der Waals surface area contributed by atoms with Gasteiger partial charge in [-0.3, -0.25) is 0 Å². The maximum absolute atomic E-state index is 8.95. The molecule has 0 unspecified atom stereocenters. The zero-order chi connectivity index (χ0) is 13.9. The number of nitrogens with zero attached hydrogens (tertiary/aromatic N) is 4. The molecule has 1 heterocycles. The average Bonchev–Trinajstić information content (AvgIpc) is 2.78. The predicted octanol–water partition coefficient (Wildman–Crippen LogP) is 2.37. The van der Waals surface area contributed by atoms with Crippen molar-refractivity contribution in [1.29, 1.82) is 5.26 Å². The second-order valence-corrected chi connectivity index (χ2v) is 5.36. The van der Waals surface area contributed by atoms with E-state index in [1.54, 1.807) is 6.07 Å². The van der Waals surface area contributed by atoms with Crippen molar-refractivity contribution in [2.24, 2.45) is 5.41 Å². The average molecular weight is 258 g/mol. The molecule has 0 saturated heterocycles. The molecule has 0 amide bonds. The van der Waals surface area contributed by atoms with Gasteiger partial charge in [0, 0.05) is 12.0 Å². The number of ether oxygens (including phenoxy) is 1. The first kappa shape index (κ1) is 13.5. The molecule has 2 aromatic rings. The van der Waals surface area contributed by atoms with E-state index in [1.165, 1.54) is 0 Å². The highest BCUT2D eigenvalue weighted by Crippen LogP contribution is 2.21. The zero-order valence-corrected chi connectivity index (χ0v) is 11.6. The predicted molar refractivity (Wildman–Crippen MR) is 72.5 cm³/mol. The minimum Gasteiger partial charge on any atom is -0.381 e. The molecule has 0 aliphatic rings. The number of nitriles is 1. The first-order valence-electron chi connectivity index (χ1n) is 6.37. The molecule has 5 heteroatoms. The van der Waals surface area contributed by atoms with Gasteiger partial charge in [-0.2, -0.15) is 5.26 Å². The van der Waals surface area contributed by atoms with Gasteiger partial charge in [-0.1, -0.05) is 19.1 Å². The van der Waals surface area contributed by atoms with E-state index in [0.29, 0.717) is 25.3 Å². The van der Waals surface area contributed by atoms with Crippen LogP contribution in [0.4, 0.5) is 0 Å². The lowest BCUT2D eigenvalue weighted by atomic mass is 9.95. The summed E-state index contributed by atoms with van der Waals surface area (Å²) in [5.41, 5.74) is 2.30.